The van der Waals surface area contributed by atoms with Crippen LogP contribution in [0.25, 0.3) is 10.4 Å². The largest absolute Gasteiger partial charge is 0.339 e. The van der Waals surface area contributed by atoms with Crippen molar-refractivity contribution >= 4 is 0 Å². The number of rotatable bonds is 3. The van der Waals surface area contributed by atoms with Gasteiger partial charge in [-0.2, -0.15) is 4.98 Å². The zero-order valence-corrected chi connectivity index (χ0v) is 6.93. The lowest BCUT2D eigenvalue weighted by Crippen LogP contribution is -1.88. The van der Waals surface area contributed by atoms with Crippen LogP contribution in [0.4, 0.5) is 0 Å². The Kier molecular flexibility index (Phi) is 2.66. The predicted octanol–water partition coefficient (Wildman–Crippen LogP) is 2.00. The van der Waals surface area contributed by atoms with Gasteiger partial charge in [-0.25, -0.2) is 0 Å². The summed E-state index contributed by atoms with van der Waals surface area (Å²) in [6.45, 7) is 4.04. The van der Waals surface area contributed by atoms with Gasteiger partial charge in [0.1, 0.15) is 0 Å². The lowest BCUT2D eigenvalue weighted by molar-refractivity contribution is 0.361. The van der Waals surface area contributed by atoms with Crippen molar-refractivity contribution in [3.8, 4) is 0 Å². The second-order valence-corrected chi connectivity index (χ2v) is 2.59. The second-order valence-electron chi connectivity index (χ2n) is 2.59. The van der Waals surface area contributed by atoms with Gasteiger partial charge in [0.25, 0.3) is 0 Å². The molecule has 0 bridgehead atoms. The first-order valence-corrected chi connectivity index (χ1v) is 3.57. The molecule has 1 aromatic rings. The van der Waals surface area contributed by atoms with E-state index in [0.29, 0.717) is 11.7 Å². The van der Waals surface area contributed by atoms with Gasteiger partial charge in [-0.3, -0.25) is 0 Å². The average molecular weight is 167 g/mol. The molecule has 1 aromatic heterocycles. The molecule has 0 atom stereocenters. The highest BCUT2D eigenvalue weighted by Gasteiger charge is 2.08. The summed E-state index contributed by atoms with van der Waals surface area (Å²) in [4.78, 5) is 6.59. The van der Waals surface area contributed by atoms with Crippen LogP contribution in [0, 0.1) is 0 Å². The van der Waals surface area contributed by atoms with Gasteiger partial charge < -0.3 is 4.52 Å². The van der Waals surface area contributed by atoms with E-state index in [-0.39, 0.29) is 12.5 Å². The van der Waals surface area contributed by atoms with Gasteiger partial charge in [0.2, 0.25) is 5.89 Å². The zero-order chi connectivity index (χ0) is 8.97. The molecular weight excluding hydrogens is 158 g/mol. The van der Waals surface area contributed by atoms with Gasteiger partial charge in [0, 0.05) is 10.8 Å². The minimum atomic E-state index is 0.146. The van der Waals surface area contributed by atoms with Crippen molar-refractivity contribution in [1.29, 1.82) is 0 Å². The number of azide groups is 1. The molecule has 0 radical (unpaired) electrons. The maximum absolute atomic E-state index is 8.02. The maximum atomic E-state index is 8.02. The van der Waals surface area contributed by atoms with Crippen LogP contribution in [0.2, 0.25) is 0 Å². The molecule has 0 saturated heterocycles. The molecule has 0 spiro atoms. The van der Waals surface area contributed by atoms with E-state index in [4.69, 9.17) is 10.1 Å². The van der Waals surface area contributed by atoms with Gasteiger partial charge >= 0.3 is 0 Å². The quantitative estimate of drug-likeness (QED) is 0.391. The Morgan fingerprint density at radius 3 is 2.92 bits per heavy atom. The van der Waals surface area contributed by atoms with E-state index in [1.165, 1.54) is 0 Å². The second kappa shape index (κ2) is 3.73. The van der Waals surface area contributed by atoms with E-state index in [1.807, 2.05) is 13.8 Å². The lowest BCUT2D eigenvalue weighted by atomic mass is 10.2. The average Bonchev–Trinajstić information content (AvgIpc) is 2.48. The predicted molar refractivity (Wildman–Crippen MR) is 41.2 cm³/mol. The molecule has 0 aromatic carbocycles. The monoisotopic (exact) mass is 167 g/mol. The fraction of sp³-hybridized carbons (Fsp3) is 0.667. The van der Waals surface area contributed by atoms with Crippen molar-refractivity contribution in [2.75, 3.05) is 0 Å². The van der Waals surface area contributed by atoms with Crippen LogP contribution < -0.4 is 0 Å². The van der Waals surface area contributed by atoms with E-state index >= 15 is 0 Å². The Morgan fingerprint density at radius 2 is 2.42 bits per heavy atom. The van der Waals surface area contributed by atoms with Gasteiger partial charge in [0.15, 0.2) is 5.82 Å². The minimum Gasteiger partial charge on any atom is -0.339 e. The van der Waals surface area contributed by atoms with E-state index in [1.54, 1.807) is 0 Å². The number of hydrogen-bond acceptors (Lipinski definition) is 4. The zero-order valence-electron chi connectivity index (χ0n) is 6.93. The van der Waals surface area contributed by atoms with E-state index in [2.05, 4.69) is 20.2 Å². The van der Waals surface area contributed by atoms with Crippen LogP contribution in [-0.4, -0.2) is 10.1 Å². The Balaban J connectivity index is 2.70. The first-order valence-electron chi connectivity index (χ1n) is 3.57. The molecule has 1 heterocycles. The molecule has 6 nitrogen and oxygen atoms in total. The summed E-state index contributed by atoms with van der Waals surface area (Å²) >= 11 is 0. The first kappa shape index (κ1) is 8.55. The van der Waals surface area contributed by atoms with Gasteiger partial charge in [-0.15, -0.1) is 0 Å². The van der Waals surface area contributed by atoms with Gasteiger partial charge in [0.05, 0.1) is 6.54 Å². The topological polar surface area (TPSA) is 87.7 Å². The van der Waals surface area contributed by atoms with Gasteiger partial charge in [-0.1, -0.05) is 24.1 Å². The summed E-state index contributed by atoms with van der Waals surface area (Å²) in [5.74, 6) is 1.20. The molecule has 0 amide bonds. The summed E-state index contributed by atoms with van der Waals surface area (Å²) in [6.07, 6.45) is 0. The van der Waals surface area contributed by atoms with Crippen molar-refractivity contribution in [3.63, 3.8) is 0 Å². The van der Waals surface area contributed by atoms with Crippen molar-refractivity contribution in [3.05, 3.63) is 22.2 Å². The number of aromatic nitrogens is 2. The maximum Gasteiger partial charge on any atom is 0.229 e. The van der Waals surface area contributed by atoms with Crippen LogP contribution in [0.15, 0.2) is 9.64 Å². The summed E-state index contributed by atoms with van der Waals surface area (Å²) in [5.41, 5.74) is 8.02. The van der Waals surface area contributed by atoms with E-state index in [9.17, 15) is 0 Å². The molecule has 0 aliphatic carbocycles. The van der Waals surface area contributed by atoms with E-state index < -0.39 is 0 Å². The molecule has 0 fully saturated rings. The molecule has 0 aliphatic rings. The summed E-state index contributed by atoms with van der Waals surface area (Å²) in [7, 11) is 0. The highest BCUT2D eigenvalue weighted by atomic mass is 16.5. The Morgan fingerprint density at radius 1 is 1.67 bits per heavy atom. The fourth-order valence-corrected chi connectivity index (χ4v) is 0.661. The standard InChI is InChI=1S/C6H9N5O/c1-4(2)6-9-5(10-12-6)3-8-11-7/h4H,3H2,1-2H3. The van der Waals surface area contributed by atoms with Gasteiger partial charge in [-0.05, 0) is 5.53 Å². The normalized spacial score (nSPS) is 9.92. The SMILES string of the molecule is CC(C)c1nc(CN=[N+]=[N-])no1. The Bertz CT molecular complexity index is 299. The third kappa shape index (κ3) is 1.96. The molecule has 1 rings (SSSR count). The lowest BCUT2D eigenvalue weighted by Gasteiger charge is -1.91. The molecule has 0 unspecified atom stereocenters. The highest BCUT2D eigenvalue weighted by molar-refractivity contribution is 4.90. The highest BCUT2D eigenvalue weighted by Crippen LogP contribution is 2.10. The van der Waals surface area contributed by atoms with E-state index in [0.717, 1.165) is 0 Å². The van der Waals surface area contributed by atoms with Crippen LogP contribution >= 0.6 is 0 Å². The smallest absolute Gasteiger partial charge is 0.229 e. The summed E-state index contributed by atoms with van der Waals surface area (Å²) in [6, 6.07) is 0. The molecule has 0 N–H and O–H groups in total. The first-order chi connectivity index (χ1) is 5.74. The Hall–Kier alpha value is -1.55. The van der Waals surface area contributed by atoms with Crippen LogP contribution in [0.3, 0.4) is 0 Å². The minimum absolute atomic E-state index is 0.146. The van der Waals surface area contributed by atoms with Crippen LogP contribution in [0.5, 0.6) is 0 Å². The number of nitrogens with zero attached hydrogens (tertiary/aromatic N) is 5. The Labute approximate surface area is 69.2 Å². The molecule has 64 valence electrons. The van der Waals surface area contributed by atoms with Crippen LogP contribution in [-0.2, 0) is 6.54 Å². The summed E-state index contributed by atoms with van der Waals surface area (Å²) in [5, 5.41) is 6.93. The fourth-order valence-electron chi connectivity index (χ4n) is 0.661. The molecular formula is C6H9N5O. The molecule has 0 saturated carbocycles. The molecule has 0 aliphatic heterocycles. The number of hydrogen-bond donors (Lipinski definition) is 0. The third-order valence-electron chi connectivity index (χ3n) is 1.25. The van der Waals surface area contributed by atoms with Crippen molar-refractivity contribution < 1.29 is 4.52 Å². The third-order valence-corrected chi connectivity index (χ3v) is 1.25. The van der Waals surface area contributed by atoms with Crippen molar-refractivity contribution in [1.82, 2.24) is 10.1 Å². The molecule has 12 heavy (non-hydrogen) atoms. The molecule has 6 heteroatoms. The van der Waals surface area contributed by atoms with Crippen molar-refractivity contribution in [2.24, 2.45) is 5.11 Å². The van der Waals surface area contributed by atoms with Crippen molar-refractivity contribution in [2.45, 2.75) is 26.3 Å². The summed E-state index contributed by atoms with van der Waals surface area (Å²) < 4.78 is 4.88. The van der Waals surface area contributed by atoms with Crippen LogP contribution in [0.1, 0.15) is 31.5 Å².